The summed E-state index contributed by atoms with van der Waals surface area (Å²) < 4.78 is 0. The van der Waals surface area contributed by atoms with Gasteiger partial charge in [-0.15, -0.1) is 0 Å². The summed E-state index contributed by atoms with van der Waals surface area (Å²) >= 11 is 0. The Bertz CT molecular complexity index is 529. The molecule has 2 aromatic carbocycles. The lowest BCUT2D eigenvalue weighted by Gasteiger charge is -2.06. The Balaban J connectivity index is 0.000000514. The highest BCUT2D eigenvalue weighted by molar-refractivity contribution is 5.80. The number of rotatable bonds is 0. The Morgan fingerprint density at radius 3 is 2.29 bits per heavy atom. The molecule has 1 unspecified atom stereocenters. The van der Waals surface area contributed by atoms with Gasteiger partial charge in [-0.05, 0) is 34.4 Å². The van der Waals surface area contributed by atoms with Crippen molar-refractivity contribution in [2.75, 3.05) is 5.73 Å². The van der Waals surface area contributed by atoms with Gasteiger partial charge in [0.25, 0.3) is 0 Å². The minimum absolute atomic E-state index is 0.472. The molecule has 0 radical (unpaired) electrons. The molecule has 3 rings (SSSR count). The van der Waals surface area contributed by atoms with Gasteiger partial charge in [0.2, 0.25) is 0 Å². The van der Waals surface area contributed by atoms with E-state index in [4.69, 9.17) is 5.73 Å². The number of nitrogen functional groups attached to an aromatic ring is 1. The van der Waals surface area contributed by atoms with Crippen molar-refractivity contribution in [3.63, 3.8) is 0 Å². The zero-order valence-electron chi connectivity index (χ0n) is 10.7. The van der Waals surface area contributed by atoms with E-state index in [0.29, 0.717) is 5.92 Å². The van der Waals surface area contributed by atoms with Gasteiger partial charge in [0.05, 0.1) is 0 Å². The summed E-state index contributed by atoms with van der Waals surface area (Å²) in [4.78, 5) is 0. The lowest BCUT2D eigenvalue weighted by Crippen LogP contribution is -1.91. The number of hydrogen-bond donors (Lipinski definition) is 1. The molecule has 0 heterocycles. The van der Waals surface area contributed by atoms with E-state index in [0.717, 1.165) is 5.69 Å². The van der Waals surface area contributed by atoms with E-state index in [-0.39, 0.29) is 0 Å². The van der Waals surface area contributed by atoms with Gasteiger partial charge in [-0.25, -0.2) is 0 Å². The third kappa shape index (κ3) is 1.82. The number of nitrogens with two attached hydrogens (primary N) is 1. The van der Waals surface area contributed by atoms with E-state index in [1.807, 2.05) is 19.9 Å². The summed E-state index contributed by atoms with van der Waals surface area (Å²) in [6, 6.07) is 14.8. The second-order valence-electron chi connectivity index (χ2n) is 4.16. The second-order valence-corrected chi connectivity index (χ2v) is 4.16. The highest BCUT2D eigenvalue weighted by Gasteiger charge is 2.24. The molecule has 1 heteroatoms. The van der Waals surface area contributed by atoms with Crippen LogP contribution in [0, 0.1) is 0 Å². The zero-order chi connectivity index (χ0) is 12.4. The molecule has 0 aliphatic heterocycles. The monoisotopic (exact) mass is 225 g/mol. The number of benzene rings is 2. The van der Waals surface area contributed by atoms with Crippen LogP contribution in [0.2, 0.25) is 0 Å². The molecule has 0 aromatic heterocycles. The maximum atomic E-state index is 5.83. The summed E-state index contributed by atoms with van der Waals surface area (Å²) in [5.74, 6) is 0.472. The van der Waals surface area contributed by atoms with E-state index in [1.54, 1.807) is 0 Å². The molecule has 2 aromatic rings. The molecule has 0 spiro atoms. The highest BCUT2D eigenvalue weighted by Crippen LogP contribution is 2.44. The van der Waals surface area contributed by atoms with Gasteiger partial charge >= 0.3 is 0 Å². The minimum Gasteiger partial charge on any atom is -0.399 e. The van der Waals surface area contributed by atoms with Crippen molar-refractivity contribution in [3.8, 4) is 11.1 Å². The van der Waals surface area contributed by atoms with Crippen LogP contribution in [0.3, 0.4) is 0 Å². The molecule has 1 atom stereocenters. The van der Waals surface area contributed by atoms with Crippen molar-refractivity contribution in [2.24, 2.45) is 0 Å². The predicted molar refractivity (Wildman–Crippen MR) is 75.2 cm³/mol. The minimum atomic E-state index is 0.472. The summed E-state index contributed by atoms with van der Waals surface area (Å²) in [5, 5.41) is 0. The maximum absolute atomic E-state index is 5.83. The third-order valence-corrected chi connectivity index (χ3v) is 3.26. The Morgan fingerprint density at radius 2 is 1.53 bits per heavy atom. The average molecular weight is 225 g/mol. The molecule has 2 N–H and O–H groups in total. The molecule has 1 aliphatic rings. The van der Waals surface area contributed by atoms with Gasteiger partial charge in [0, 0.05) is 11.6 Å². The topological polar surface area (TPSA) is 26.0 Å². The van der Waals surface area contributed by atoms with Crippen LogP contribution in [0.1, 0.15) is 37.8 Å². The van der Waals surface area contributed by atoms with E-state index >= 15 is 0 Å². The van der Waals surface area contributed by atoms with Crippen LogP contribution in [-0.4, -0.2) is 0 Å². The first-order chi connectivity index (χ1) is 8.27. The van der Waals surface area contributed by atoms with E-state index in [9.17, 15) is 0 Å². The van der Waals surface area contributed by atoms with Crippen LogP contribution in [-0.2, 0) is 0 Å². The molecule has 0 bridgehead atoms. The molecule has 1 nitrogen and oxygen atoms in total. The van der Waals surface area contributed by atoms with Crippen molar-refractivity contribution in [2.45, 2.75) is 26.7 Å². The zero-order valence-corrected chi connectivity index (χ0v) is 10.7. The lowest BCUT2D eigenvalue weighted by atomic mass is 9.99. The quantitative estimate of drug-likeness (QED) is 0.659. The van der Waals surface area contributed by atoms with Crippen LogP contribution < -0.4 is 5.73 Å². The van der Waals surface area contributed by atoms with Crippen molar-refractivity contribution in [1.82, 2.24) is 0 Å². The normalized spacial score (nSPS) is 15.6. The molecular formula is C16H19N. The fourth-order valence-electron chi connectivity index (χ4n) is 2.47. The van der Waals surface area contributed by atoms with E-state index < -0.39 is 0 Å². The second kappa shape index (κ2) is 4.62. The van der Waals surface area contributed by atoms with Gasteiger partial charge in [-0.1, -0.05) is 51.1 Å². The van der Waals surface area contributed by atoms with Gasteiger partial charge < -0.3 is 5.73 Å². The number of fused-ring (bicyclic) bond motifs is 3. The molecular weight excluding hydrogens is 206 g/mol. The first kappa shape index (κ1) is 11.7. The standard InChI is InChI=1S/C14H13N.C2H6/c1-9-11-4-2-3-5-12(11)13-7-6-10(15)8-14(9)13;1-2/h2-9H,15H2,1H3;1-2H3. The summed E-state index contributed by atoms with van der Waals surface area (Å²) in [6.07, 6.45) is 0. The Hall–Kier alpha value is -1.76. The summed E-state index contributed by atoms with van der Waals surface area (Å²) in [5.41, 5.74) is 12.2. The van der Waals surface area contributed by atoms with Gasteiger partial charge in [-0.2, -0.15) is 0 Å². The van der Waals surface area contributed by atoms with Crippen molar-refractivity contribution >= 4 is 5.69 Å². The van der Waals surface area contributed by atoms with Crippen molar-refractivity contribution in [3.05, 3.63) is 53.6 Å². The van der Waals surface area contributed by atoms with E-state index in [1.165, 1.54) is 22.3 Å². The first-order valence-electron chi connectivity index (χ1n) is 6.26. The molecule has 0 amide bonds. The maximum Gasteiger partial charge on any atom is 0.0317 e. The molecule has 0 fully saturated rings. The molecule has 0 saturated heterocycles. The van der Waals surface area contributed by atoms with Gasteiger partial charge in [0.15, 0.2) is 0 Å². The Kier molecular flexibility index (Phi) is 3.19. The van der Waals surface area contributed by atoms with Crippen LogP contribution in [0.15, 0.2) is 42.5 Å². The van der Waals surface area contributed by atoms with Crippen LogP contribution in [0.25, 0.3) is 11.1 Å². The number of hydrogen-bond acceptors (Lipinski definition) is 1. The van der Waals surface area contributed by atoms with Crippen LogP contribution >= 0.6 is 0 Å². The average Bonchev–Trinajstić information content (AvgIpc) is 2.66. The Morgan fingerprint density at radius 1 is 0.882 bits per heavy atom. The Labute approximate surface area is 103 Å². The summed E-state index contributed by atoms with van der Waals surface area (Å²) in [7, 11) is 0. The highest BCUT2D eigenvalue weighted by atomic mass is 14.5. The van der Waals surface area contributed by atoms with Crippen molar-refractivity contribution in [1.29, 1.82) is 0 Å². The fraction of sp³-hybridized carbons (Fsp3) is 0.250. The molecule has 0 saturated carbocycles. The van der Waals surface area contributed by atoms with Crippen LogP contribution in [0.4, 0.5) is 5.69 Å². The van der Waals surface area contributed by atoms with Crippen LogP contribution in [0.5, 0.6) is 0 Å². The lowest BCUT2D eigenvalue weighted by molar-refractivity contribution is 0.957. The first-order valence-corrected chi connectivity index (χ1v) is 6.26. The third-order valence-electron chi connectivity index (χ3n) is 3.26. The largest absolute Gasteiger partial charge is 0.399 e. The van der Waals surface area contributed by atoms with Gasteiger partial charge in [0.1, 0.15) is 0 Å². The van der Waals surface area contributed by atoms with E-state index in [2.05, 4.69) is 43.3 Å². The predicted octanol–water partition coefficient (Wildman–Crippen LogP) is 4.43. The molecule has 17 heavy (non-hydrogen) atoms. The molecule has 88 valence electrons. The fourth-order valence-corrected chi connectivity index (χ4v) is 2.47. The SMILES string of the molecule is CC.CC1c2ccccc2-c2ccc(N)cc21. The number of anilines is 1. The van der Waals surface area contributed by atoms with Crippen molar-refractivity contribution < 1.29 is 0 Å². The van der Waals surface area contributed by atoms with Gasteiger partial charge in [-0.3, -0.25) is 0 Å². The smallest absolute Gasteiger partial charge is 0.0317 e. The summed E-state index contributed by atoms with van der Waals surface area (Å²) in [6.45, 7) is 6.24. The molecule has 1 aliphatic carbocycles.